The van der Waals surface area contributed by atoms with Crippen LogP contribution < -0.4 is 20.1 Å². The highest BCUT2D eigenvalue weighted by molar-refractivity contribution is 5.98. The van der Waals surface area contributed by atoms with Crippen LogP contribution in [0, 0.1) is 5.92 Å². The van der Waals surface area contributed by atoms with Gasteiger partial charge in [-0.3, -0.25) is 9.59 Å². The Balaban J connectivity index is 2.08. The van der Waals surface area contributed by atoms with Crippen molar-refractivity contribution >= 4 is 11.8 Å². The highest BCUT2D eigenvalue weighted by Crippen LogP contribution is 2.23. The molecule has 0 saturated heterocycles. The van der Waals surface area contributed by atoms with Crippen LogP contribution in [0.25, 0.3) is 0 Å². The van der Waals surface area contributed by atoms with Gasteiger partial charge in [0, 0.05) is 17.7 Å². The van der Waals surface area contributed by atoms with Crippen LogP contribution in [0.2, 0.25) is 0 Å². The number of hydrogen-bond donors (Lipinski definition) is 2. The highest BCUT2D eigenvalue weighted by Gasteiger charge is 2.27. The van der Waals surface area contributed by atoms with Crippen molar-refractivity contribution in [3.05, 3.63) is 23.8 Å². The number of hydrogen-bond acceptors (Lipinski definition) is 4. The Kier molecular flexibility index (Phi) is 7.95. The molecule has 1 aliphatic rings. The van der Waals surface area contributed by atoms with Gasteiger partial charge in [0.2, 0.25) is 5.91 Å². The Morgan fingerprint density at radius 3 is 2.00 bits per heavy atom. The van der Waals surface area contributed by atoms with E-state index < -0.39 is 6.04 Å². The molecule has 1 aromatic carbocycles. The average molecular weight is 376 g/mol. The number of benzene rings is 1. The van der Waals surface area contributed by atoms with Crippen molar-refractivity contribution in [1.82, 2.24) is 10.6 Å². The molecule has 2 N–H and O–H groups in total. The van der Waals surface area contributed by atoms with E-state index in [4.69, 9.17) is 9.47 Å². The number of carbonyl (C=O) groups excluding carboxylic acids is 2. The minimum atomic E-state index is -0.585. The zero-order valence-electron chi connectivity index (χ0n) is 16.8. The number of carbonyl (C=O) groups is 2. The standard InChI is InChI=1S/C21H32N2O4/c1-14(2)19(21(25)22-16-9-7-5-6-8-10-16)23-20(24)15-11-17(26-3)13-18(12-15)27-4/h11-14,16,19H,5-10H2,1-4H3,(H,22,25)(H,23,24). The van der Waals surface area contributed by atoms with E-state index in [1.54, 1.807) is 18.2 Å². The van der Waals surface area contributed by atoms with Gasteiger partial charge in [0.15, 0.2) is 0 Å². The van der Waals surface area contributed by atoms with Gasteiger partial charge in [0.25, 0.3) is 5.91 Å². The number of amides is 2. The first kappa shape index (κ1) is 21.1. The Bertz CT molecular complexity index is 615. The molecule has 0 heterocycles. The molecular formula is C21H32N2O4. The summed E-state index contributed by atoms with van der Waals surface area (Å²) in [5, 5.41) is 6.02. The van der Waals surface area contributed by atoms with Crippen molar-refractivity contribution in [3.63, 3.8) is 0 Å². The Morgan fingerprint density at radius 2 is 1.52 bits per heavy atom. The zero-order valence-corrected chi connectivity index (χ0v) is 16.8. The first-order chi connectivity index (χ1) is 12.9. The largest absolute Gasteiger partial charge is 0.497 e. The van der Waals surface area contributed by atoms with Gasteiger partial charge in [-0.05, 0) is 30.9 Å². The van der Waals surface area contributed by atoms with Gasteiger partial charge >= 0.3 is 0 Å². The van der Waals surface area contributed by atoms with Gasteiger partial charge in [0.05, 0.1) is 14.2 Å². The van der Waals surface area contributed by atoms with E-state index in [0.29, 0.717) is 17.1 Å². The first-order valence-corrected chi connectivity index (χ1v) is 9.79. The molecule has 6 heteroatoms. The summed E-state index contributed by atoms with van der Waals surface area (Å²) in [5.74, 6) is 0.612. The second-order valence-electron chi connectivity index (χ2n) is 7.49. The minimum Gasteiger partial charge on any atom is -0.497 e. The third kappa shape index (κ3) is 6.15. The van der Waals surface area contributed by atoms with Crippen molar-refractivity contribution in [3.8, 4) is 11.5 Å². The molecule has 0 spiro atoms. The second-order valence-corrected chi connectivity index (χ2v) is 7.49. The van der Waals surface area contributed by atoms with E-state index in [0.717, 1.165) is 25.7 Å². The predicted octanol–water partition coefficient (Wildman–Crippen LogP) is 3.30. The molecule has 1 aromatic rings. The summed E-state index contributed by atoms with van der Waals surface area (Å²) in [6.07, 6.45) is 6.78. The molecular weight excluding hydrogens is 344 g/mol. The van der Waals surface area contributed by atoms with Crippen molar-refractivity contribution < 1.29 is 19.1 Å². The molecule has 1 atom stereocenters. The summed E-state index contributed by atoms with van der Waals surface area (Å²) in [6.45, 7) is 3.87. The fourth-order valence-corrected chi connectivity index (χ4v) is 3.41. The first-order valence-electron chi connectivity index (χ1n) is 9.79. The maximum atomic E-state index is 12.8. The lowest BCUT2D eigenvalue weighted by molar-refractivity contribution is -0.124. The van der Waals surface area contributed by atoms with E-state index in [-0.39, 0.29) is 23.8 Å². The van der Waals surface area contributed by atoms with Crippen LogP contribution in [-0.2, 0) is 4.79 Å². The lowest BCUT2D eigenvalue weighted by Crippen LogP contribution is -2.52. The normalized spacial score (nSPS) is 16.3. The van der Waals surface area contributed by atoms with E-state index in [2.05, 4.69) is 10.6 Å². The molecule has 0 radical (unpaired) electrons. The number of methoxy groups -OCH3 is 2. The topological polar surface area (TPSA) is 76.7 Å². The molecule has 2 amide bonds. The van der Waals surface area contributed by atoms with Crippen LogP contribution in [0.4, 0.5) is 0 Å². The van der Waals surface area contributed by atoms with E-state index in [1.807, 2.05) is 13.8 Å². The summed E-state index contributed by atoms with van der Waals surface area (Å²) in [4.78, 5) is 25.5. The Hall–Kier alpha value is -2.24. The van der Waals surface area contributed by atoms with Crippen LogP contribution in [-0.4, -0.2) is 38.1 Å². The molecule has 0 aromatic heterocycles. The van der Waals surface area contributed by atoms with Gasteiger partial charge in [-0.15, -0.1) is 0 Å². The summed E-state index contributed by atoms with van der Waals surface area (Å²) in [7, 11) is 3.07. The lowest BCUT2D eigenvalue weighted by atomic mass is 10.0. The molecule has 6 nitrogen and oxygen atoms in total. The zero-order chi connectivity index (χ0) is 19.8. The smallest absolute Gasteiger partial charge is 0.252 e. The quantitative estimate of drug-likeness (QED) is 0.716. The molecule has 27 heavy (non-hydrogen) atoms. The van der Waals surface area contributed by atoms with Crippen molar-refractivity contribution in [2.24, 2.45) is 5.92 Å². The second kappa shape index (κ2) is 10.2. The molecule has 0 bridgehead atoms. The fraction of sp³-hybridized carbons (Fsp3) is 0.619. The Morgan fingerprint density at radius 1 is 0.963 bits per heavy atom. The van der Waals surface area contributed by atoms with Crippen molar-refractivity contribution in [2.75, 3.05) is 14.2 Å². The summed E-state index contributed by atoms with van der Waals surface area (Å²) in [5.41, 5.74) is 0.402. The van der Waals surface area contributed by atoms with Gasteiger partial charge in [-0.25, -0.2) is 0 Å². The molecule has 1 saturated carbocycles. The van der Waals surface area contributed by atoms with Crippen LogP contribution in [0.3, 0.4) is 0 Å². The highest BCUT2D eigenvalue weighted by atomic mass is 16.5. The summed E-state index contributed by atoms with van der Waals surface area (Å²) >= 11 is 0. The average Bonchev–Trinajstić information content (AvgIpc) is 2.93. The maximum absolute atomic E-state index is 12.8. The molecule has 1 fully saturated rings. The monoisotopic (exact) mass is 376 g/mol. The minimum absolute atomic E-state index is 0.0211. The van der Waals surface area contributed by atoms with Crippen molar-refractivity contribution in [1.29, 1.82) is 0 Å². The molecule has 0 aliphatic heterocycles. The Labute approximate surface area is 162 Å². The lowest BCUT2D eigenvalue weighted by Gasteiger charge is -2.25. The van der Waals surface area contributed by atoms with Crippen LogP contribution >= 0.6 is 0 Å². The fourth-order valence-electron chi connectivity index (χ4n) is 3.41. The predicted molar refractivity (Wildman–Crippen MR) is 105 cm³/mol. The van der Waals surface area contributed by atoms with Crippen LogP contribution in [0.15, 0.2) is 18.2 Å². The van der Waals surface area contributed by atoms with Gasteiger partial charge in [-0.1, -0.05) is 39.5 Å². The molecule has 2 rings (SSSR count). The van der Waals surface area contributed by atoms with Gasteiger partial charge in [0.1, 0.15) is 17.5 Å². The van der Waals surface area contributed by atoms with Gasteiger partial charge < -0.3 is 20.1 Å². The summed E-state index contributed by atoms with van der Waals surface area (Å²) in [6, 6.07) is 4.60. The third-order valence-electron chi connectivity index (χ3n) is 5.05. The van der Waals surface area contributed by atoms with Crippen molar-refractivity contribution in [2.45, 2.75) is 64.5 Å². The molecule has 150 valence electrons. The number of ether oxygens (including phenoxy) is 2. The third-order valence-corrected chi connectivity index (χ3v) is 5.05. The number of rotatable bonds is 7. The van der Waals surface area contributed by atoms with Gasteiger partial charge in [-0.2, -0.15) is 0 Å². The van der Waals surface area contributed by atoms with E-state index in [1.165, 1.54) is 27.1 Å². The van der Waals surface area contributed by atoms with E-state index >= 15 is 0 Å². The maximum Gasteiger partial charge on any atom is 0.252 e. The summed E-state index contributed by atoms with van der Waals surface area (Å²) < 4.78 is 10.4. The molecule has 1 aliphatic carbocycles. The SMILES string of the molecule is COc1cc(OC)cc(C(=O)NC(C(=O)NC2CCCCCC2)C(C)C)c1. The number of nitrogens with one attached hydrogen (secondary N) is 2. The van der Waals surface area contributed by atoms with Crippen LogP contribution in [0.5, 0.6) is 11.5 Å². The van der Waals surface area contributed by atoms with Crippen LogP contribution in [0.1, 0.15) is 62.7 Å². The molecule has 1 unspecified atom stereocenters. The van der Waals surface area contributed by atoms with E-state index in [9.17, 15) is 9.59 Å².